The smallest absolute Gasteiger partial charge is 0.0106 e. The summed E-state index contributed by atoms with van der Waals surface area (Å²) in [7, 11) is 0. The molecule has 0 radical (unpaired) electrons. The van der Waals surface area contributed by atoms with Crippen LogP contribution in [0.15, 0.2) is 0 Å². The minimum absolute atomic E-state index is 1.06. The lowest BCUT2D eigenvalue weighted by Crippen LogP contribution is -1.83. The minimum Gasteiger partial charge on any atom is -0.0908 e. The summed E-state index contributed by atoms with van der Waals surface area (Å²) in [4.78, 5) is 2.78. The predicted octanol–water partition coefficient (Wildman–Crippen LogP) is 7.99. The highest BCUT2D eigenvalue weighted by molar-refractivity contribution is 9.12. The van der Waals surface area contributed by atoms with Crippen LogP contribution in [-0.4, -0.2) is 0 Å². The first kappa shape index (κ1) is 21.0. The molecule has 0 spiro atoms. The maximum Gasteiger partial charge on any atom is 0.0106 e. The molecule has 0 aromatic carbocycles. The van der Waals surface area contributed by atoms with Gasteiger partial charge in [0, 0.05) is 22.4 Å². The number of hydrogen-bond acceptors (Lipinski definition) is 0. The average Bonchev–Trinajstić information content (AvgIpc) is 2.50. The molecule has 0 saturated heterocycles. The normalized spacial score (nSPS) is 10.4. The largest absolute Gasteiger partial charge is 0.0908 e. The SMILES string of the molecule is CCCCCCCCCCCCCCCCCCC#CBr. The molecule has 0 unspecified atom stereocenters. The fraction of sp³-hybridized carbons (Fsp3) is 0.900. The standard InChI is InChI=1S/C20H37Br/c1-2-3-4-5-6-7-8-9-10-11-12-13-14-15-16-17-18-19-20-21/h2-18H2,1H3. The molecule has 0 aromatic heterocycles. The van der Waals surface area contributed by atoms with Crippen LogP contribution in [-0.2, 0) is 0 Å². The molecule has 0 aliphatic rings. The van der Waals surface area contributed by atoms with Gasteiger partial charge in [-0.1, -0.05) is 109 Å². The second-order valence-electron chi connectivity index (χ2n) is 6.32. The fourth-order valence-electron chi connectivity index (χ4n) is 2.81. The van der Waals surface area contributed by atoms with E-state index in [0.717, 1.165) is 6.42 Å². The zero-order valence-electron chi connectivity index (χ0n) is 14.4. The lowest BCUT2D eigenvalue weighted by Gasteiger charge is -2.03. The van der Waals surface area contributed by atoms with Crippen molar-refractivity contribution in [1.29, 1.82) is 0 Å². The van der Waals surface area contributed by atoms with E-state index in [1.54, 1.807) is 0 Å². The lowest BCUT2D eigenvalue weighted by molar-refractivity contribution is 0.530. The first-order chi connectivity index (χ1) is 10.4. The van der Waals surface area contributed by atoms with Crippen molar-refractivity contribution in [1.82, 2.24) is 0 Å². The van der Waals surface area contributed by atoms with Crippen LogP contribution in [0.3, 0.4) is 0 Å². The Morgan fingerprint density at radius 1 is 0.524 bits per heavy atom. The van der Waals surface area contributed by atoms with Crippen molar-refractivity contribution >= 4 is 15.9 Å². The van der Waals surface area contributed by atoms with E-state index in [1.165, 1.54) is 103 Å². The molecule has 0 amide bonds. The molecule has 0 N–H and O–H groups in total. The minimum atomic E-state index is 1.06. The number of unbranched alkanes of at least 4 members (excludes halogenated alkanes) is 16. The van der Waals surface area contributed by atoms with E-state index < -0.39 is 0 Å². The van der Waals surface area contributed by atoms with Gasteiger partial charge in [-0.05, 0) is 11.3 Å². The third kappa shape index (κ3) is 20.0. The summed E-state index contributed by atoms with van der Waals surface area (Å²) in [6, 6.07) is 0. The van der Waals surface area contributed by atoms with Crippen molar-refractivity contribution in [3.8, 4) is 10.8 Å². The van der Waals surface area contributed by atoms with Crippen molar-refractivity contribution < 1.29 is 0 Å². The third-order valence-electron chi connectivity index (χ3n) is 4.22. The number of hydrogen-bond donors (Lipinski definition) is 0. The summed E-state index contributed by atoms with van der Waals surface area (Å²) in [5.74, 6) is 3.06. The van der Waals surface area contributed by atoms with Crippen LogP contribution in [0.2, 0.25) is 0 Å². The van der Waals surface area contributed by atoms with Crippen molar-refractivity contribution in [2.75, 3.05) is 0 Å². The summed E-state index contributed by atoms with van der Waals surface area (Å²) >= 11 is 3.14. The highest BCUT2D eigenvalue weighted by atomic mass is 79.9. The van der Waals surface area contributed by atoms with E-state index in [9.17, 15) is 0 Å². The maximum absolute atomic E-state index is 3.14. The van der Waals surface area contributed by atoms with Crippen molar-refractivity contribution in [3.05, 3.63) is 0 Å². The van der Waals surface area contributed by atoms with Crippen molar-refractivity contribution in [2.45, 2.75) is 116 Å². The van der Waals surface area contributed by atoms with Crippen LogP contribution < -0.4 is 0 Å². The van der Waals surface area contributed by atoms with Crippen LogP contribution in [0.1, 0.15) is 116 Å². The molecule has 0 heterocycles. The highest BCUT2D eigenvalue weighted by Crippen LogP contribution is 2.13. The van der Waals surface area contributed by atoms with Gasteiger partial charge in [0.15, 0.2) is 0 Å². The zero-order chi connectivity index (χ0) is 15.4. The molecule has 0 rings (SSSR count). The Morgan fingerprint density at radius 2 is 0.857 bits per heavy atom. The zero-order valence-corrected chi connectivity index (χ0v) is 16.0. The molecular weight excluding hydrogens is 320 g/mol. The van der Waals surface area contributed by atoms with Crippen LogP contribution in [0.25, 0.3) is 0 Å². The van der Waals surface area contributed by atoms with Gasteiger partial charge in [0.2, 0.25) is 0 Å². The molecule has 1 heteroatoms. The molecule has 0 saturated carbocycles. The average molecular weight is 357 g/mol. The maximum atomic E-state index is 3.14. The van der Waals surface area contributed by atoms with Crippen LogP contribution >= 0.6 is 15.9 Å². The van der Waals surface area contributed by atoms with E-state index in [2.05, 4.69) is 33.6 Å². The molecule has 124 valence electrons. The second kappa shape index (κ2) is 20.0. The summed E-state index contributed by atoms with van der Waals surface area (Å²) in [6.07, 6.45) is 24.0. The van der Waals surface area contributed by atoms with Gasteiger partial charge in [-0.15, -0.1) is 0 Å². The first-order valence-corrected chi connectivity index (χ1v) is 10.3. The Morgan fingerprint density at radius 3 is 1.19 bits per heavy atom. The van der Waals surface area contributed by atoms with E-state index in [-0.39, 0.29) is 0 Å². The van der Waals surface area contributed by atoms with Gasteiger partial charge in [-0.3, -0.25) is 0 Å². The van der Waals surface area contributed by atoms with Crippen LogP contribution in [0, 0.1) is 10.8 Å². The molecule has 0 aromatic rings. The number of rotatable bonds is 16. The Balaban J connectivity index is 2.94. The van der Waals surface area contributed by atoms with Gasteiger partial charge >= 0.3 is 0 Å². The van der Waals surface area contributed by atoms with Gasteiger partial charge < -0.3 is 0 Å². The van der Waals surface area contributed by atoms with E-state index in [4.69, 9.17) is 0 Å². The van der Waals surface area contributed by atoms with Gasteiger partial charge in [-0.25, -0.2) is 0 Å². The topological polar surface area (TPSA) is 0 Å². The number of halogens is 1. The molecular formula is C20H37Br. The highest BCUT2D eigenvalue weighted by Gasteiger charge is 1.94. The van der Waals surface area contributed by atoms with E-state index >= 15 is 0 Å². The molecule has 0 nitrogen and oxygen atoms in total. The van der Waals surface area contributed by atoms with Crippen molar-refractivity contribution in [3.63, 3.8) is 0 Å². The predicted molar refractivity (Wildman–Crippen MR) is 101 cm³/mol. The quantitative estimate of drug-likeness (QED) is 0.194. The monoisotopic (exact) mass is 356 g/mol. The second-order valence-corrected chi connectivity index (χ2v) is 6.72. The molecule has 0 bridgehead atoms. The van der Waals surface area contributed by atoms with Gasteiger partial charge in [0.05, 0.1) is 0 Å². The molecule has 0 aliphatic carbocycles. The third-order valence-corrected chi connectivity index (χ3v) is 4.50. The molecule has 21 heavy (non-hydrogen) atoms. The lowest BCUT2D eigenvalue weighted by atomic mass is 10.0. The molecule has 0 atom stereocenters. The van der Waals surface area contributed by atoms with Gasteiger partial charge in [0.1, 0.15) is 0 Å². The van der Waals surface area contributed by atoms with Crippen LogP contribution in [0.4, 0.5) is 0 Å². The summed E-state index contributed by atoms with van der Waals surface area (Å²) in [5.41, 5.74) is 0. The fourth-order valence-corrected chi connectivity index (χ4v) is 3.01. The summed E-state index contributed by atoms with van der Waals surface area (Å²) in [6.45, 7) is 2.29. The van der Waals surface area contributed by atoms with Crippen molar-refractivity contribution in [2.24, 2.45) is 0 Å². The first-order valence-electron chi connectivity index (χ1n) is 9.50. The van der Waals surface area contributed by atoms with E-state index in [1.807, 2.05) is 0 Å². The van der Waals surface area contributed by atoms with Gasteiger partial charge in [-0.2, -0.15) is 0 Å². The molecule has 0 fully saturated rings. The van der Waals surface area contributed by atoms with Gasteiger partial charge in [0.25, 0.3) is 0 Å². The van der Waals surface area contributed by atoms with E-state index in [0.29, 0.717) is 0 Å². The Kier molecular flexibility index (Phi) is 20.1. The Hall–Kier alpha value is 0.0400. The van der Waals surface area contributed by atoms with Crippen LogP contribution in [0.5, 0.6) is 0 Å². The Bertz CT molecular complexity index is 236. The Labute approximate surface area is 143 Å². The molecule has 0 aliphatic heterocycles. The summed E-state index contributed by atoms with van der Waals surface area (Å²) < 4.78 is 0. The summed E-state index contributed by atoms with van der Waals surface area (Å²) in [5, 5.41) is 0.